The van der Waals surface area contributed by atoms with Gasteiger partial charge >= 0.3 is 0 Å². The van der Waals surface area contributed by atoms with Crippen LogP contribution in [-0.4, -0.2) is 14.1 Å². The monoisotopic (exact) mass is 921 g/mol. The van der Waals surface area contributed by atoms with Gasteiger partial charge in [0.1, 0.15) is 17.3 Å². The van der Waals surface area contributed by atoms with Gasteiger partial charge in [-0.2, -0.15) is 0 Å². The number of benzene rings is 7. The van der Waals surface area contributed by atoms with E-state index in [4.69, 9.17) is 22.1 Å². The first-order valence-corrected chi connectivity index (χ1v) is 23.0. The summed E-state index contributed by atoms with van der Waals surface area (Å²) in [4.78, 5) is 4.85. The van der Waals surface area contributed by atoms with Crippen LogP contribution in [0.4, 0.5) is 0 Å². The van der Waals surface area contributed by atoms with Crippen molar-refractivity contribution in [2.45, 2.75) is 104 Å². The van der Waals surface area contributed by atoms with Crippen LogP contribution in [-0.2, 0) is 21.7 Å². The molecule has 0 amide bonds. The first-order valence-electron chi connectivity index (χ1n) is 32.0. The first kappa shape index (κ1) is 28.3. The van der Waals surface area contributed by atoms with Crippen LogP contribution in [0.5, 0.6) is 11.5 Å². The number of imidazole rings is 1. The van der Waals surface area contributed by atoms with Gasteiger partial charge in [-0.25, -0.2) is 4.98 Å². The molecule has 4 heterocycles. The summed E-state index contributed by atoms with van der Waals surface area (Å²) in [5, 5.41) is 1.97. The van der Waals surface area contributed by atoms with Gasteiger partial charge in [0.25, 0.3) is 6.33 Å². The fourth-order valence-electron chi connectivity index (χ4n) is 9.82. The lowest BCUT2D eigenvalue weighted by atomic mass is 9.77. The van der Waals surface area contributed by atoms with Crippen LogP contribution in [0.1, 0.15) is 130 Å². The Kier molecular flexibility index (Phi) is 6.42. The molecule has 0 fully saturated rings. The van der Waals surface area contributed by atoms with Crippen LogP contribution >= 0.6 is 0 Å². The van der Waals surface area contributed by atoms with Crippen LogP contribution in [0.2, 0.25) is 0 Å². The summed E-state index contributed by atoms with van der Waals surface area (Å²) >= 11 is 0. The number of pyridine rings is 1. The van der Waals surface area contributed by atoms with Gasteiger partial charge in [-0.05, 0) is 126 Å². The van der Waals surface area contributed by atoms with Crippen LogP contribution in [0.3, 0.4) is 0 Å². The van der Waals surface area contributed by atoms with Crippen LogP contribution in [0.25, 0.3) is 83.4 Å². The highest BCUT2D eigenvalue weighted by molar-refractivity contribution is 6.09. The van der Waals surface area contributed by atoms with Crippen molar-refractivity contribution in [2.75, 3.05) is 0 Å². The van der Waals surface area contributed by atoms with E-state index in [-0.39, 0.29) is 22.1 Å². The molecule has 0 atom stereocenters. The molecule has 0 aliphatic carbocycles. The minimum absolute atomic E-state index is 0.114. The average molecular weight is 921 g/mol. The van der Waals surface area contributed by atoms with Crippen LogP contribution < -0.4 is 9.30 Å². The van der Waals surface area contributed by atoms with Crippen molar-refractivity contribution < 1.29 is 34.0 Å². The number of ether oxygens (including phenoxy) is 1. The molecule has 0 N–H and O–H groups in total. The molecular formula is C64H62N4O. The lowest BCUT2D eigenvalue weighted by Crippen LogP contribution is -2.35. The molecule has 344 valence electrons. The number of para-hydroxylation sites is 2. The highest BCUT2D eigenvalue weighted by Gasteiger charge is 2.32. The Hall–Kier alpha value is -7.24. The molecule has 0 saturated carbocycles. The molecule has 5 heteroatoms. The smallest absolute Gasteiger partial charge is 0.269 e. The normalized spacial score (nSPS) is 17.9. The second-order valence-electron chi connectivity index (χ2n) is 20.2. The van der Waals surface area contributed by atoms with Crippen molar-refractivity contribution in [1.29, 1.82) is 0 Å². The summed E-state index contributed by atoms with van der Waals surface area (Å²) in [6.45, 7) is -11.6. The summed E-state index contributed by atoms with van der Waals surface area (Å²) < 4.78 is 175. The van der Waals surface area contributed by atoms with E-state index in [2.05, 4.69) is 43.8 Å². The van der Waals surface area contributed by atoms with Gasteiger partial charge in [0.05, 0.1) is 33.4 Å². The van der Waals surface area contributed by atoms with Gasteiger partial charge < -0.3 is 4.74 Å². The van der Waals surface area contributed by atoms with E-state index in [9.17, 15) is 12.3 Å². The quantitative estimate of drug-likeness (QED) is 0.130. The molecule has 0 spiro atoms. The summed E-state index contributed by atoms with van der Waals surface area (Å²) in [6.07, 6.45) is 5.22. The van der Waals surface area contributed by atoms with E-state index >= 15 is 0 Å². The molecule has 0 bridgehead atoms. The zero-order valence-corrected chi connectivity index (χ0v) is 39.2. The molecule has 69 heavy (non-hydrogen) atoms. The van der Waals surface area contributed by atoms with Crippen molar-refractivity contribution in [3.63, 3.8) is 0 Å². The van der Waals surface area contributed by atoms with Crippen LogP contribution in [0.15, 0.2) is 158 Å². The van der Waals surface area contributed by atoms with Crippen molar-refractivity contribution in [3.8, 4) is 62.1 Å². The first-order chi connectivity index (χ1) is 40.2. The topological polar surface area (TPSA) is 35.9 Å². The average Bonchev–Trinajstić information content (AvgIpc) is 1.19. The van der Waals surface area contributed by atoms with Gasteiger partial charge in [-0.3, -0.25) is 13.7 Å². The maximum absolute atomic E-state index is 9.21. The number of fused-ring (bicyclic) bond motifs is 10. The lowest BCUT2D eigenvalue weighted by molar-refractivity contribution is -0.572. The third kappa shape index (κ3) is 7.54. The largest absolute Gasteiger partial charge is 0.458 e. The van der Waals surface area contributed by atoms with E-state index in [0.29, 0.717) is 51.0 Å². The maximum Gasteiger partial charge on any atom is 0.269 e. The summed E-state index contributed by atoms with van der Waals surface area (Å²) in [7, 11) is 0. The third-order valence-electron chi connectivity index (χ3n) is 13.3. The Morgan fingerprint density at radius 3 is 1.80 bits per heavy atom. The zero-order chi connectivity index (χ0) is 63.4. The maximum atomic E-state index is 9.21. The molecule has 3 aromatic heterocycles. The molecule has 10 aromatic rings. The third-order valence-corrected chi connectivity index (χ3v) is 13.3. The van der Waals surface area contributed by atoms with Crippen molar-refractivity contribution >= 4 is 32.8 Å². The Labute approximate surface area is 433 Å². The van der Waals surface area contributed by atoms with Crippen molar-refractivity contribution in [1.82, 2.24) is 14.1 Å². The summed E-state index contributed by atoms with van der Waals surface area (Å²) in [6, 6.07) is 44.3. The summed E-state index contributed by atoms with van der Waals surface area (Å²) in [5.74, 6) is 1.56. The predicted octanol–water partition coefficient (Wildman–Crippen LogP) is 16.5. The van der Waals surface area contributed by atoms with E-state index in [1.807, 2.05) is 87.6 Å². The minimum atomic E-state index is -4.06. The fraction of sp³-hybridized carbons (Fsp3) is 0.250. The van der Waals surface area contributed by atoms with Gasteiger partial charge in [-0.15, -0.1) is 0 Å². The molecule has 0 saturated heterocycles. The summed E-state index contributed by atoms with van der Waals surface area (Å²) in [5.41, 5.74) is -4.77. The Morgan fingerprint density at radius 2 is 1.10 bits per heavy atom. The van der Waals surface area contributed by atoms with Gasteiger partial charge in [-0.1, -0.05) is 180 Å². The highest BCUT2D eigenvalue weighted by Crippen LogP contribution is 2.47. The van der Waals surface area contributed by atoms with Crippen LogP contribution in [0, 0.1) is 6.33 Å². The van der Waals surface area contributed by atoms with Gasteiger partial charge in [0, 0.05) is 47.7 Å². The van der Waals surface area contributed by atoms with E-state index in [1.165, 1.54) is 4.57 Å². The molecule has 1 aliphatic heterocycles. The molecule has 0 radical (unpaired) electrons. The second-order valence-corrected chi connectivity index (χ2v) is 20.2. The SMILES string of the molecule is [2H]C([2H])([2H])C(c1cc2c(c(C(C([2H])([2H])[2H])(C([2H])([2H])[2H])C([2H])([2H])[2H])c1)-[n+]1[c-]n(-c3cc(Oc4ccc5c6ccccc6n(-c6cc(C(C)(C)C)ccn6)c5c4)cc(C(C)(C)C)c3)c3cccc(c31)-c1ccccc1-c1ccccc1-2)(C([2H])([2H])[2H])C([2H])([2H])[2H]. The second kappa shape index (κ2) is 15.6. The predicted molar refractivity (Wildman–Crippen MR) is 287 cm³/mol. The zero-order valence-electron chi connectivity index (χ0n) is 57.2. The van der Waals surface area contributed by atoms with Crippen molar-refractivity contribution in [2.24, 2.45) is 0 Å². The number of aromatic nitrogens is 4. The Bertz CT molecular complexity index is 4320. The van der Waals surface area contributed by atoms with Gasteiger partial charge in [0.15, 0.2) is 0 Å². The minimum Gasteiger partial charge on any atom is -0.458 e. The van der Waals surface area contributed by atoms with E-state index < -0.39 is 74.2 Å². The molecule has 5 nitrogen and oxygen atoms in total. The van der Waals surface area contributed by atoms with E-state index in [1.54, 1.807) is 71.3 Å². The lowest BCUT2D eigenvalue weighted by Gasteiger charge is -2.30. The Balaban J connectivity index is 1.27. The number of hydrogen-bond donors (Lipinski definition) is 0. The number of rotatable bonds is 4. The number of hydrogen-bond acceptors (Lipinski definition) is 2. The Morgan fingerprint density at radius 1 is 0.493 bits per heavy atom. The number of nitrogens with zero attached hydrogens (tertiary/aromatic N) is 4. The molecule has 0 unspecified atom stereocenters. The van der Waals surface area contributed by atoms with Crippen molar-refractivity contribution in [3.05, 3.63) is 186 Å². The highest BCUT2D eigenvalue weighted by atomic mass is 16.5. The molecule has 1 aliphatic rings. The standard InChI is InChI=1S/C64H62N4O/c1-61(2,3)40-30-31-65-58(36-40)68-55-26-18-17-24-50(55)51-29-28-44(38-57(51)68)69-45-33-41(62(4,5)6)32-43(37-45)66-39-67-59-53(34-42(63(7,8)9)35-54(59)64(10,11)12)49-23-16-14-21-47(49)46-20-13-15-22-48(46)52-25-19-27-56(66)60(52)67/h13-38H,1-12H3/i7D3,8D3,9D3,10D3,11D3,12D3. The van der Waals surface area contributed by atoms with E-state index in [0.717, 1.165) is 44.8 Å². The molecular weight excluding hydrogens is 841 g/mol. The van der Waals surface area contributed by atoms with Gasteiger partial charge in [0.2, 0.25) is 0 Å². The fourth-order valence-corrected chi connectivity index (χ4v) is 9.82. The molecule has 11 rings (SSSR count). The molecule has 7 aromatic carbocycles.